The van der Waals surface area contributed by atoms with Crippen LogP contribution in [0.25, 0.3) is 0 Å². The van der Waals surface area contributed by atoms with Crippen LogP contribution in [0.15, 0.2) is 0 Å². The smallest absolute Gasteiger partial charge is 0.0698 e. The molecule has 3 fully saturated rings. The first-order chi connectivity index (χ1) is 6.30. The van der Waals surface area contributed by atoms with Crippen LogP contribution in [-0.2, 0) is 0 Å². The first-order valence-electron chi connectivity index (χ1n) is 5.43. The molecule has 0 aromatic heterocycles. The summed E-state index contributed by atoms with van der Waals surface area (Å²) < 4.78 is 0. The SMILES string of the molecule is CC1CN2CCSC23CCNC1C3. The lowest BCUT2D eigenvalue weighted by Crippen LogP contribution is -2.61. The molecule has 0 aliphatic carbocycles. The van der Waals surface area contributed by atoms with E-state index in [4.69, 9.17) is 0 Å². The Morgan fingerprint density at radius 1 is 1.54 bits per heavy atom. The Morgan fingerprint density at radius 2 is 2.46 bits per heavy atom. The Balaban J connectivity index is 1.89. The zero-order chi connectivity index (χ0) is 8.89. The number of hydrogen-bond acceptors (Lipinski definition) is 3. The molecule has 74 valence electrons. The molecule has 0 radical (unpaired) electrons. The van der Waals surface area contributed by atoms with E-state index >= 15 is 0 Å². The molecule has 3 heterocycles. The number of thioether (sulfide) groups is 1. The lowest BCUT2D eigenvalue weighted by Gasteiger charge is -2.51. The maximum Gasteiger partial charge on any atom is 0.0698 e. The molecule has 13 heavy (non-hydrogen) atoms. The van der Waals surface area contributed by atoms with Crippen molar-refractivity contribution in [2.75, 3.05) is 25.4 Å². The topological polar surface area (TPSA) is 15.3 Å². The van der Waals surface area contributed by atoms with Crippen LogP contribution in [0.1, 0.15) is 19.8 Å². The summed E-state index contributed by atoms with van der Waals surface area (Å²) in [6.45, 7) is 6.29. The number of hydrogen-bond donors (Lipinski definition) is 1. The molecule has 0 aromatic carbocycles. The van der Waals surface area contributed by atoms with E-state index < -0.39 is 0 Å². The zero-order valence-electron chi connectivity index (χ0n) is 8.25. The molecule has 3 rings (SSSR count). The highest BCUT2D eigenvalue weighted by Gasteiger charge is 2.49. The second-order valence-corrected chi connectivity index (χ2v) is 6.19. The van der Waals surface area contributed by atoms with Crippen molar-refractivity contribution in [3.05, 3.63) is 0 Å². The Bertz CT molecular complexity index is 221. The molecule has 0 saturated carbocycles. The minimum atomic E-state index is 0.558. The van der Waals surface area contributed by atoms with Gasteiger partial charge in [-0.2, -0.15) is 0 Å². The zero-order valence-corrected chi connectivity index (χ0v) is 9.07. The third-order valence-corrected chi connectivity index (χ3v) is 5.52. The maximum atomic E-state index is 3.67. The fourth-order valence-electron chi connectivity index (χ4n) is 3.16. The summed E-state index contributed by atoms with van der Waals surface area (Å²) >= 11 is 2.22. The van der Waals surface area contributed by atoms with Crippen molar-refractivity contribution in [3.63, 3.8) is 0 Å². The van der Waals surface area contributed by atoms with E-state index in [1.54, 1.807) is 0 Å². The van der Waals surface area contributed by atoms with Crippen molar-refractivity contribution in [1.29, 1.82) is 0 Å². The third-order valence-electron chi connectivity index (χ3n) is 3.96. The fourth-order valence-corrected chi connectivity index (χ4v) is 4.75. The highest BCUT2D eigenvalue weighted by molar-refractivity contribution is 8.00. The van der Waals surface area contributed by atoms with Gasteiger partial charge in [0.2, 0.25) is 0 Å². The Morgan fingerprint density at radius 3 is 3.38 bits per heavy atom. The van der Waals surface area contributed by atoms with Crippen LogP contribution in [-0.4, -0.2) is 41.2 Å². The van der Waals surface area contributed by atoms with E-state index in [9.17, 15) is 0 Å². The normalized spacial score (nSPS) is 50.5. The molecular formula is C10H18N2S. The van der Waals surface area contributed by atoms with Gasteiger partial charge in [0.05, 0.1) is 4.87 Å². The molecule has 3 atom stereocenters. The van der Waals surface area contributed by atoms with Gasteiger partial charge >= 0.3 is 0 Å². The second kappa shape index (κ2) is 2.88. The summed E-state index contributed by atoms with van der Waals surface area (Å²) in [5, 5.41) is 3.67. The highest BCUT2D eigenvalue weighted by atomic mass is 32.2. The molecule has 3 aliphatic heterocycles. The predicted molar refractivity (Wildman–Crippen MR) is 57.0 cm³/mol. The number of nitrogens with zero attached hydrogens (tertiary/aromatic N) is 1. The number of nitrogens with one attached hydrogen (secondary N) is 1. The van der Waals surface area contributed by atoms with E-state index in [0.717, 1.165) is 12.0 Å². The Hall–Kier alpha value is 0.270. The molecule has 3 saturated heterocycles. The van der Waals surface area contributed by atoms with E-state index in [1.165, 1.54) is 38.2 Å². The van der Waals surface area contributed by atoms with E-state index in [-0.39, 0.29) is 0 Å². The fraction of sp³-hybridized carbons (Fsp3) is 1.00. The van der Waals surface area contributed by atoms with Gasteiger partial charge in [0, 0.05) is 24.9 Å². The van der Waals surface area contributed by atoms with Crippen molar-refractivity contribution in [2.24, 2.45) is 5.92 Å². The van der Waals surface area contributed by atoms with Gasteiger partial charge in [0.1, 0.15) is 0 Å². The van der Waals surface area contributed by atoms with Gasteiger partial charge in [0.15, 0.2) is 0 Å². The number of rotatable bonds is 0. The molecule has 0 aromatic rings. The summed E-state index contributed by atoms with van der Waals surface area (Å²) in [5.74, 6) is 2.21. The minimum absolute atomic E-state index is 0.558. The van der Waals surface area contributed by atoms with Gasteiger partial charge in [-0.1, -0.05) is 6.92 Å². The molecule has 2 nitrogen and oxygen atoms in total. The summed E-state index contributed by atoms with van der Waals surface area (Å²) in [7, 11) is 0. The monoisotopic (exact) mass is 198 g/mol. The molecule has 1 N–H and O–H groups in total. The number of fused-ring (bicyclic) bond motifs is 1. The standard InChI is InChI=1S/C10H18N2S/c1-8-7-12-4-5-13-10(12)2-3-11-9(8)6-10/h8-9,11H,2-7H2,1H3. The van der Waals surface area contributed by atoms with Crippen LogP contribution in [0.4, 0.5) is 0 Å². The van der Waals surface area contributed by atoms with Crippen LogP contribution in [0.3, 0.4) is 0 Å². The summed E-state index contributed by atoms with van der Waals surface area (Å²) in [6.07, 6.45) is 2.75. The van der Waals surface area contributed by atoms with Crippen molar-refractivity contribution in [3.8, 4) is 0 Å². The van der Waals surface area contributed by atoms with Gasteiger partial charge in [-0.25, -0.2) is 0 Å². The highest BCUT2D eigenvalue weighted by Crippen LogP contribution is 2.47. The lowest BCUT2D eigenvalue weighted by molar-refractivity contribution is 0.0500. The van der Waals surface area contributed by atoms with Gasteiger partial charge in [-0.15, -0.1) is 11.8 Å². The Kier molecular flexibility index (Phi) is 1.90. The van der Waals surface area contributed by atoms with Gasteiger partial charge in [0.25, 0.3) is 0 Å². The summed E-state index contributed by atoms with van der Waals surface area (Å²) in [6, 6.07) is 0.801. The van der Waals surface area contributed by atoms with E-state index in [2.05, 4.69) is 28.9 Å². The average molecular weight is 198 g/mol. The van der Waals surface area contributed by atoms with Crippen molar-refractivity contribution < 1.29 is 0 Å². The van der Waals surface area contributed by atoms with Crippen LogP contribution >= 0.6 is 11.8 Å². The minimum Gasteiger partial charge on any atom is -0.313 e. The third kappa shape index (κ3) is 1.17. The van der Waals surface area contributed by atoms with Gasteiger partial charge in [-0.3, -0.25) is 4.90 Å². The molecule has 1 spiro atoms. The maximum absolute atomic E-state index is 3.67. The van der Waals surface area contributed by atoms with Crippen molar-refractivity contribution in [2.45, 2.75) is 30.7 Å². The molecule has 0 amide bonds. The predicted octanol–water partition coefficient (Wildman–Crippen LogP) is 1.13. The van der Waals surface area contributed by atoms with Gasteiger partial charge in [-0.05, 0) is 25.3 Å². The second-order valence-electron chi connectivity index (χ2n) is 4.73. The first-order valence-corrected chi connectivity index (χ1v) is 6.41. The van der Waals surface area contributed by atoms with E-state index in [0.29, 0.717) is 4.87 Å². The first kappa shape index (κ1) is 8.57. The quantitative estimate of drug-likeness (QED) is 0.628. The Labute approximate surface area is 84.4 Å². The molecule has 3 unspecified atom stereocenters. The lowest BCUT2D eigenvalue weighted by atomic mass is 9.84. The van der Waals surface area contributed by atoms with Crippen LogP contribution < -0.4 is 5.32 Å². The molecule has 2 bridgehead atoms. The van der Waals surface area contributed by atoms with Crippen molar-refractivity contribution >= 4 is 11.8 Å². The molecule has 3 aliphatic rings. The molecule has 3 heteroatoms. The van der Waals surface area contributed by atoms with Crippen LogP contribution in [0.5, 0.6) is 0 Å². The van der Waals surface area contributed by atoms with E-state index in [1.807, 2.05) is 0 Å². The van der Waals surface area contributed by atoms with Crippen LogP contribution in [0, 0.1) is 5.92 Å². The number of piperidine rings is 2. The van der Waals surface area contributed by atoms with Gasteiger partial charge < -0.3 is 5.32 Å². The average Bonchev–Trinajstić information content (AvgIpc) is 2.49. The van der Waals surface area contributed by atoms with Crippen LogP contribution in [0.2, 0.25) is 0 Å². The van der Waals surface area contributed by atoms with Crippen molar-refractivity contribution in [1.82, 2.24) is 10.2 Å². The molecular weight excluding hydrogens is 180 g/mol. The summed E-state index contributed by atoms with van der Waals surface area (Å²) in [4.78, 5) is 3.31. The summed E-state index contributed by atoms with van der Waals surface area (Å²) in [5.41, 5.74) is 0. The largest absolute Gasteiger partial charge is 0.313 e.